The van der Waals surface area contributed by atoms with Crippen molar-refractivity contribution in [1.82, 2.24) is 10.2 Å². The highest BCUT2D eigenvalue weighted by Gasteiger charge is 2.31. The Hall–Kier alpha value is -2.29. The van der Waals surface area contributed by atoms with Crippen LogP contribution >= 0.6 is 23.2 Å². The Morgan fingerprint density at radius 3 is 2.37 bits per heavy atom. The monoisotopic (exact) mass is 581 g/mol. The highest BCUT2D eigenvalue weighted by molar-refractivity contribution is 7.92. The maximum absolute atomic E-state index is 13.6. The van der Waals surface area contributed by atoms with Gasteiger partial charge in [0.25, 0.3) is 0 Å². The van der Waals surface area contributed by atoms with Crippen LogP contribution in [0.25, 0.3) is 0 Å². The normalized spacial score (nSPS) is 14.8. The first-order valence-electron chi connectivity index (χ1n) is 13.1. The quantitative estimate of drug-likeness (QED) is 0.347. The number of carbonyl (C=O) groups excluding carboxylic acids is 2. The van der Waals surface area contributed by atoms with Gasteiger partial charge < -0.3 is 10.2 Å². The van der Waals surface area contributed by atoms with Crippen molar-refractivity contribution in [3.8, 4) is 0 Å². The molecule has 1 aliphatic carbocycles. The van der Waals surface area contributed by atoms with E-state index in [0.717, 1.165) is 43.1 Å². The first-order chi connectivity index (χ1) is 18.0. The topological polar surface area (TPSA) is 86.8 Å². The van der Waals surface area contributed by atoms with Gasteiger partial charge in [-0.3, -0.25) is 13.9 Å². The van der Waals surface area contributed by atoms with E-state index in [4.69, 9.17) is 23.2 Å². The fraction of sp³-hybridized carbons (Fsp3) is 0.500. The van der Waals surface area contributed by atoms with Crippen LogP contribution in [-0.4, -0.2) is 50.0 Å². The molecular formula is C28H37Cl2N3O4S. The standard InChI is InChI=1S/C28H37Cl2N3O4S/c1-4-25(28(35)31-22-11-6-7-12-22)32(19-21-15-16-23(29)24(30)18-21)27(34)14-9-17-33(38(3,36)37)26-13-8-5-10-20(26)2/h5,8,10,13,15-16,18,22,25H,4,6-7,9,11-12,14,17,19H2,1-3H3,(H,31,35)/t25-/m0/s1. The number of benzene rings is 2. The molecule has 10 heteroatoms. The molecule has 1 fully saturated rings. The summed E-state index contributed by atoms with van der Waals surface area (Å²) in [6.07, 6.45) is 6.08. The number of carbonyl (C=O) groups is 2. The van der Waals surface area contributed by atoms with E-state index in [0.29, 0.717) is 28.6 Å². The molecule has 1 aliphatic rings. The van der Waals surface area contributed by atoms with Gasteiger partial charge in [0.2, 0.25) is 21.8 Å². The molecule has 0 unspecified atom stereocenters. The van der Waals surface area contributed by atoms with E-state index in [-0.39, 0.29) is 37.4 Å². The number of aryl methyl sites for hydroxylation is 1. The molecule has 0 saturated heterocycles. The summed E-state index contributed by atoms with van der Waals surface area (Å²) in [6, 6.07) is 11.9. The molecule has 0 aliphatic heterocycles. The summed E-state index contributed by atoms with van der Waals surface area (Å²) in [5.74, 6) is -0.381. The van der Waals surface area contributed by atoms with E-state index in [1.54, 1.807) is 35.2 Å². The zero-order valence-electron chi connectivity index (χ0n) is 22.3. The van der Waals surface area contributed by atoms with Gasteiger partial charge in [-0.15, -0.1) is 0 Å². The van der Waals surface area contributed by atoms with Crippen molar-refractivity contribution in [2.24, 2.45) is 0 Å². The second-order valence-electron chi connectivity index (χ2n) is 9.91. The number of amides is 2. The van der Waals surface area contributed by atoms with Crippen LogP contribution in [0, 0.1) is 6.92 Å². The second kappa shape index (κ2) is 13.7. The van der Waals surface area contributed by atoms with Crippen LogP contribution in [0.4, 0.5) is 5.69 Å². The Bertz CT molecular complexity index is 1230. The van der Waals surface area contributed by atoms with E-state index < -0.39 is 16.1 Å². The molecule has 7 nitrogen and oxygen atoms in total. The molecule has 3 rings (SSSR count). The Balaban J connectivity index is 1.78. The van der Waals surface area contributed by atoms with E-state index in [1.165, 1.54) is 4.31 Å². The minimum atomic E-state index is -3.55. The largest absolute Gasteiger partial charge is 0.352 e. The Labute approximate surface area is 236 Å². The Kier molecular flexibility index (Phi) is 10.9. The molecule has 38 heavy (non-hydrogen) atoms. The number of rotatable bonds is 12. The highest BCUT2D eigenvalue weighted by atomic mass is 35.5. The highest BCUT2D eigenvalue weighted by Crippen LogP contribution is 2.26. The van der Waals surface area contributed by atoms with Crippen LogP contribution in [0.5, 0.6) is 0 Å². The fourth-order valence-electron chi connectivity index (χ4n) is 4.95. The average Bonchev–Trinajstić information content (AvgIpc) is 3.36. The number of nitrogens with zero attached hydrogens (tertiary/aromatic N) is 2. The molecule has 2 amide bonds. The smallest absolute Gasteiger partial charge is 0.243 e. The van der Waals surface area contributed by atoms with Crippen LogP contribution in [0.2, 0.25) is 10.0 Å². The molecular weight excluding hydrogens is 545 g/mol. The van der Waals surface area contributed by atoms with Gasteiger partial charge in [-0.1, -0.05) is 67.2 Å². The molecule has 0 spiro atoms. The predicted octanol–water partition coefficient (Wildman–Crippen LogP) is 5.71. The first kappa shape index (κ1) is 30.3. The van der Waals surface area contributed by atoms with E-state index in [2.05, 4.69) is 5.32 Å². The summed E-state index contributed by atoms with van der Waals surface area (Å²) in [5, 5.41) is 3.92. The second-order valence-corrected chi connectivity index (χ2v) is 12.6. The number of para-hydroxylation sites is 1. The maximum Gasteiger partial charge on any atom is 0.243 e. The SMILES string of the molecule is CC[C@@H](C(=O)NC1CCCC1)N(Cc1ccc(Cl)c(Cl)c1)C(=O)CCCN(c1ccccc1C)S(C)(=O)=O. The molecule has 0 heterocycles. The third-order valence-corrected chi connectivity index (χ3v) is 8.88. The van der Waals surface area contributed by atoms with Crippen molar-refractivity contribution >= 4 is 50.7 Å². The van der Waals surface area contributed by atoms with Gasteiger partial charge in [-0.2, -0.15) is 0 Å². The molecule has 2 aromatic carbocycles. The summed E-state index contributed by atoms with van der Waals surface area (Å²) in [4.78, 5) is 28.5. The van der Waals surface area contributed by atoms with Crippen molar-refractivity contribution < 1.29 is 18.0 Å². The van der Waals surface area contributed by atoms with Crippen molar-refractivity contribution in [2.75, 3.05) is 17.1 Å². The molecule has 1 saturated carbocycles. The third-order valence-electron chi connectivity index (χ3n) is 6.96. The summed E-state index contributed by atoms with van der Waals surface area (Å²) >= 11 is 12.3. The van der Waals surface area contributed by atoms with Crippen LogP contribution in [-0.2, 0) is 26.2 Å². The van der Waals surface area contributed by atoms with Gasteiger partial charge in [-0.25, -0.2) is 8.42 Å². The van der Waals surface area contributed by atoms with Crippen molar-refractivity contribution in [3.05, 3.63) is 63.6 Å². The number of sulfonamides is 1. The van der Waals surface area contributed by atoms with Crippen molar-refractivity contribution in [1.29, 1.82) is 0 Å². The van der Waals surface area contributed by atoms with Crippen LogP contribution in [0.15, 0.2) is 42.5 Å². The number of hydrogen-bond acceptors (Lipinski definition) is 4. The van der Waals surface area contributed by atoms with E-state index in [1.807, 2.05) is 26.0 Å². The van der Waals surface area contributed by atoms with E-state index >= 15 is 0 Å². The molecule has 0 radical (unpaired) electrons. The minimum Gasteiger partial charge on any atom is -0.352 e. The molecule has 208 valence electrons. The van der Waals surface area contributed by atoms with Crippen LogP contribution in [0.3, 0.4) is 0 Å². The van der Waals surface area contributed by atoms with Crippen molar-refractivity contribution in [3.63, 3.8) is 0 Å². The lowest BCUT2D eigenvalue weighted by atomic mass is 10.1. The lowest BCUT2D eigenvalue weighted by Gasteiger charge is -2.32. The van der Waals surface area contributed by atoms with Gasteiger partial charge >= 0.3 is 0 Å². The Morgan fingerprint density at radius 2 is 1.76 bits per heavy atom. The van der Waals surface area contributed by atoms with Gasteiger partial charge in [0.15, 0.2) is 0 Å². The Morgan fingerprint density at radius 1 is 1.08 bits per heavy atom. The molecule has 2 aromatic rings. The number of hydrogen-bond donors (Lipinski definition) is 1. The first-order valence-corrected chi connectivity index (χ1v) is 15.7. The fourth-order valence-corrected chi connectivity index (χ4v) is 6.29. The van der Waals surface area contributed by atoms with Crippen molar-refractivity contribution in [2.45, 2.75) is 77.4 Å². The summed E-state index contributed by atoms with van der Waals surface area (Å²) in [5.41, 5.74) is 2.19. The number of nitrogens with one attached hydrogen (secondary N) is 1. The average molecular weight is 583 g/mol. The molecule has 1 N–H and O–H groups in total. The third kappa shape index (κ3) is 8.10. The number of halogens is 2. The zero-order chi connectivity index (χ0) is 27.9. The molecule has 0 aromatic heterocycles. The lowest BCUT2D eigenvalue weighted by molar-refractivity contribution is -0.141. The summed E-state index contributed by atoms with van der Waals surface area (Å²) in [7, 11) is -3.55. The summed E-state index contributed by atoms with van der Waals surface area (Å²) in [6.45, 7) is 4.09. The van der Waals surface area contributed by atoms with Crippen LogP contribution < -0.4 is 9.62 Å². The lowest BCUT2D eigenvalue weighted by Crippen LogP contribution is -2.51. The number of anilines is 1. The van der Waals surface area contributed by atoms with Gasteiger partial charge in [0.05, 0.1) is 22.0 Å². The predicted molar refractivity (Wildman–Crippen MR) is 154 cm³/mol. The van der Waals surface area contributed by atoms with Gasteiger partial charge in [0.1, 0.15) is 6.04 Å². The zero-order valence-corrected chi connectivity index (χ0v) is 24.6. The van der Waals surface area contributed by atoms with Crippen LogP contribution in [0.1, 0.15) is 63.0 Å². The summed E-state index contributed by atoms with van der Waals surface area (Å²) < 4.78 is 26.5. The van der Waals surface area contributed by atoms with E-state index in [9.17, 15) is 18.0 Å². The van der Waals surface area contributed by atoms with Gasteiger partial charge in [-0.05, 0) is 61.9 Å². The molecule has 1 atom stereocenters. The minimum absolute atomic E-state index is 0.0897. The maximum atomic E-state index is 13.6. The molecule has 0 bridgehead atoms. The van der Waals surface area contributed by atoms with Gasteiger partial charge in [0, 0.05) is 25.6 Å².